The molecule has 17 heavy (non-hydrogen) atoms. The topological polar surface area (TPSA) is 29.3 Å². The minimum atomic E-state index is 0.336. The van der Waals surface area contributed by atoms with Gasteiger partial charge in [0.15, 0.2) is 0 Å². The maximum absolute atomic E-state index is 5.96. The molecule has 1 aromatic carbocycles. The van der Waals surface area contributed by atoms with E-state index in [0.717, 1.165) is 11.6 Å². The summed E-state index contributed by atoms with van der Waals surface area (Å²) in [5.74, 6) is 0. The molecule has 0 radical (unpaired) electrons. The molecule has 2 nitrogen and oxygen atoms in total. The summed E-state index contributed by atoms with van der Waals surface area (Å²) >= 11 is 5.93. The Morgan fingerprint density at radius 3 is 2.65 bits per heavy atom. The summed E-state index contributed by atoms with van der Waals surface area (Å²) in [6.45, 7) is 4.13. The zero-order chi connectivity index (χ0) is 12.3. The van der Waals surface area contributed by atoms with Crippen LogP contribution in [0.25, 0.3) is 0 Å². The molecule has 0 spiro atoms. The Bertz CT molecular complexity index is 350. The Morgan fingerprint density at radius 2 is 2.06 bits per heavy atom. The van der Waals surface area contributed by atoms with Crippen molar-refractivity contribution in [3.05, 3.63) is 34.9 Å². The van der Waals surface area contributed by atoms with E-state index in [1.165, 1.54) is 24.8 Å². The van der Waals surface area contributed by atoms with Gasteiger partial charge in [0, 0.05) is 23.7 Å². The number of nitrogens with zero attached hydrogens (tertiary/aromatic N) is 1. The van der Waals surface area contributed by atoms with E-state index in [2.05, 4.69) is 24.0 Å². The SMILES string of the molecule is CC1CCCCN1C(CN)c1ccc(Cl)cc1. The summed E-state index contributed by atoms with van der Waals surface area (Å²) in [4.78, 5) is 2.53. The maximum Gasteiger partial charge on any atom is 0.0473 e. The average Bonchev–Trinajstić information content (AvgIpc) is 2.35. The van der Waals surface area contributed by atoms with Gasteiger partial charge in [-0.25, -0.2) is 0 Å². The summed E-state index contributed by atoms with van der Waals surface area (Å²) < 4.78 is 0. The molecule has 94 valence electrons. The molecule has 2 N–H and O–H groups in total. The van der Waals surface area contributed by atoms with Crippen molar-refractivity contribution < 1.29 is 0 Å². The van der Waals surface area contributed by atoms with E-state index in [4.69, 9.17) is 17.3 Å². The first kappa shape index (κ1) is 12.9. The first-order chi connectivity index (χ1) is 8.22. The van der Waals surface area contributed by atoms with Crippen LogP contribution >= 0.6 is 11.6 Å². The van der Waals surface area contributed by atoms with Crippen LogP contribution < -0.4 is 5.73 Å². The summed E-state index contributed by atoms with van der Waals surface area (Å²) in [7, 11) is 0. The third-order valence-electron chi connectivity index (χ3n) is 3.73. The molecule has 2 atom stereocenters. The van der Waals surface area contributed by atoms with Crippen molar-refractivity contribution in [2.24, 2.45) is 5.73 Å². The van der Waals surface area contributed by atoms with Crippen LogP contribution in [0, 0.1) is 0 Å². The highest BCUT2D eigenvalue weighted by atomic mass is 35.5. The second-order valence-corrected chi connectivity index (χ2v) is 5.32. The summed E-state index contributed by atoms with van der Waals surface area (Å²) in [6, 6.07) is 9.07. The van der Waals surface area contributed by atoms with Gasteiger partial charge in [-0.2, -0.15) is 0 Å². The Morgan fingerprint density at radius 1 is 1.35 bits per heavy atom. The van der Waals surface area contributed by atoms with Crippen molar-refractivity contribution in [2.45, 2.75) is 38.3 Å². The lowest BCUT2D eigenvalue weighted by Crippen LogP contribution is -2.43. The van der Waals surface area contributed by atoms with E-state index in [1.807, 2.05) is 12.1 Å². The summed E-state index contributed by atoms with van der Waals surface area (Å²) in [5.41, 5.74) is 7.24. The highest BCUT2D eigenvalue weighted by Crippen LogP contribution is 2.28. The Kier molecular flexibility index (Phi) is 4.43. The van der Waals surface area contributed by atoms with Crippen LogP contribution in [-0.4, -0.2) is 24.0 Å². The highest BCUT2D eigenvalue weighted by molar-refractivity contribution is 6.30. The molecule has 0 aliphatic carbocycles. The zero-order valence-electron chi connectivity index (χ0n) is 10.4. The first-order valence-electron chi connectivity index (χ1n) is 6.43. The molecule has 1 aromatic rings. The fourth-order valence-electron chi connectivity index (χ4n) is 2.73. The molecular weight excluding hydrogens is 232 g/mol. The molecule has 2 unspecified atom stereocenters. The second-order valence-electron chi connectivity index (χ2n) is 4.89. The zero-order valence-corrected chi connectivity index (χ0v) is 11.2. The number of hydrogen-bond acceptors (Lipinski definition) is 2. The normalized spacial score (nSPS) is 23.6. The lowest BCUT2D eigenvalue weighted by molar-refractivity contribution is 0.109. The van der Waals surface area contributed by atoms with Crippen LogP contribution in [-0.2, 0) is 0 Å². The van der Waals surface area contributed by atoms with Crippen LogP contribution in [0.5, 0.6) is 0 Å². The smallest absolute Gasteiger partial charge is 0.0473 e. The van der Waals surface area contributed by atoms with Crippen LogP contribution in [0.3, 0.4) is 0 Å². The van der Waals surface area contributed by atoms with Gasteiger partial charge in [0.2, 0.25) is 0 Å². The van der Waals surface area contributed by atoms with Gasteiger partial charge in [0.1, 0.15) is 0 Å². The predicted octanol–water partition coefficient (Wildman–Crippen LogP) is 3.21. The van der Waals surface area contributed by atoms with E-state index in [-0.39, 0.29) is 0 Å². The molecule has 2 rings (SSSR count). The van der Waals surface area contributed by atoms with Gasteiger partial charge in [0.25, 0.3) is 0 Å². The Labute approximate surface area is 109 Å². The van der Waals surface area contributed by atoms with E-state index < -0.39 is 0 Å². The fourth-order valence-corrected chi connectivity index (χ4v) is 2.86. The molecular formula is C14H21ClN2. The van der Waals surface area contributed by atoms with Crippen LogP contribution in [0.15, 0.2) is 24.3 Å². The number of hydrogen-bond donors (Lipinski definition) is 1. The van der Waals surface area contributed by atoms with Gasteiger partial charge in [0.05, 0.1) is 0 Å². The third-order valence-corrected chi connectivity index (χ3v) is 3.98. The number of nitrogens with two attached hydrogens (primary N) is 1. The van der Waals surface area contributed by atoms with Crippen molar-refractivity contribution in [3.63, 3.8) is 0 Å². The van der Waals surface area contributed by atoms with E-state index in [9.17, 15) is 0 Å². The maximum atomic E-state index is 5.96. The molecule has 1 heterocycles. The van der Waals surface area contributed by atoms with Crippen LogP contribution in [0.2, 0.25) is 5.02 Å². The quantitative estimate of drug-likeness (QED) is 0.895. The minimum Gasteiger partial charge on any atom is -0.329 e. The number of likely N-dealkylation sites (tertiary alicyclic amines) is 1. The van der Waals surface area contributed by atoms with Crippen molar-refractivity contribution in [3.8, 4) is 0 Å². The number of benzene rings is 1. The van der Waals surface area contributed by atoms with Gasteiger partial charge in [-0.3, -0.25) is 4.90 Å². The predicted molar refractivity (Wildman–Crippen MR) is 73.3 cm³/mol. The van der Waals surface area contributed by atoms with E-state index in [1.54, 1.807) is 0 Å². The van der Waals surface area contributed by atoms with Gasteiger partial charge < -0.3 is 5.73 Å². The largest absolute Gasteiger partial charge is 0.329 e. The molecule has 0 amide bonds. The number of piperidine rings is 1. The molecule has 3 heteroatoms. The number of halogens is 1. The third kappa shape index (κ3) is 3.01. The second kappa shape index (κ2) is 5.85. The van der Waals surface area contributed by atoms with Crippen molar-refractivity contribution in [1.29, 1.82) is 0 Å². The molecule has 1 fully saturated rings. The van der Waals surface area contributed by atoms with E-state index >= 15 is 0 Å². The molecule has 0 saturated carbocycles. The average molecular weight is 253 g/mol. The first-order valence-corrected chi connectivity index (χ1v) is 6.81. The van der Waals surface area contributed by atoms with Crippen LogP contribution in [0.1, 0.15) is 37.8 Å². The lowest BCUT2D eigenvalue weighted by atomic mass is 9.97. The van der Waals surface area contributed by atoms with E-state index in [0.29, 0.717) is 18.6 Å². The van der Waals surface area contributed by atoms with Crippen molar-refractivity contribution >= 4 is 11.6 Å². The lowest BCUT2D eigenvalue weighted by Gasteiger charge is -2.39. The monoisotopic (exact) mass is 252 g/mol. The van der Waals surface area contributed by atoms with Gasteiger partial charge in [-0.15, -0.1) is 0 Å². The van der Waals surface area contributed by atoms with Crippen molar-refractivity contribution in [1.82, 2.24) is 4.90 Å². The molecule has 1 saturated heterocycles. The van der Waals surface area contributed by atoms with Crippen LogP contribution in [0.4, 0.5) is 0 Å². The number of rotatable bonds is 3. The molecule has 0 aromatic heterocycles. The molecule has 0 bridgehead atoms. The van der Waals surface area contributed by atoms with Crippen molar-refractivity contribution in [2.75, 3.05) is 13.1 Å². The Hall–Kier alpha value is -0.570. The standard InChI is InChI=1S/C14H21ClN2/c1-11-4-2-3-9-17(11)14(10-16)12-5-7-13(15)8-6-12/h5-8,11,14H,2-4,9-10,16H2,1H3. The fraction of sp³-hybridized carbons (Fsp3) is 0.571. The molecule has 1 aliphatic rings. The summed E-state index contributed by atoms with van der Waals surface area (Å²) in [5, 5.41) is 0.788. The van der Waals surface area contributed by atoms with Gasteiger partial charge in [-0.1, -0.05) is 30.2 Å². The molecule has 1 aliphatic heterocycles. The highest BCUT2D eigenvalue weighted by Gasteiger charge is 2.25. The van der Waals surface area contributed by atoms with Gasteiger partial charge >= 0.3 is 0 Å². The Balaban J connectivity index is 2.17. The minimum absolute atomic E-state index is 0.336. The van der Waals surface area contributed by atoms with Gasteiger partial charge in [-0.05, 0) is 44.0 Å². The summed E-state index contributed by atoms with van der Waals surface area (Å²) in [6.07, 6.45) is 3.91.